The van der Waals surface area contributed by atoms with E-state index in [2.05, 4.69) is 35.1 Å². The molecule has 0 saturated carbocycles. The molecule has 20 heavy (non-hydrogen) atoms. The van der Waals surface area contributed by atoms with Crippen LogP contribution in [-0.4, -0.2) is 44.7 Å². The molecule has 0 unspecified atom stereocenters. The quantitative estimate of drug-likeness (QED) is 0.735. The standard InChI is InChI=1S/C15H24N4O/c1-3-13(2)17-15(20)12-18-8-10-19(11-9-18)14-6-4-5-7-16-14/h4-7,13H,3,8-12H2,1-2H3,(H,17,20)/p+2/t13-/m1/s1. The van der Waals surface area contributed by atoms with Gasteiger partial charge in [-0.25, -0.2) is 4.98 Å². The van der Waals surface area contributed by atoms with Gasteiger partial charge in [-0.3, -0.25) is 9.69 Å². The van der Waals surface area contributed by atoms with E-state index in [1.165, 1.54) is 4.90 Å². The smallest absolute Gasteiger partial charge is 0.275 e. The summed E-state index contributed by atoms with van der Waals surface area (Å²) in [6.45, 7) is 8.74. The molecule has 1 aliphatic rings. The molecule has 0 radical (unpaired) electrons. The van der Waals surface area contributed by atoms with E-state index in [1.54, 1.807) is 0 Å². The van der Waals surface area contributed by atoms with Crippen molar-refractivity contribution in [2.45, 2.75) is 26.3 Å². The van der Waals surface area contributed by atoms with E-state index < -0.39 is 0 Å². The van der Waals surface area contributed by atoms with Crippen LogP contribution in [0, 0.1) is 0 Å². The molecule has 110 valence electrons. The largest absolute Gasteiger partial charge is 0.349 e. The van der Waals surface area contributed by atoms with Crippen LogP contribution in [0.3, 0.4) is 0 Å². The number of aromatic amines is 1. The molecule has 1 atom stereocenters. The molecule has 1 saturated heterocycles. The van der Waals surface area contributed by atoms with E-state index in [0.717, 1.165) is 38.4 Å². The second-order valence-corrected chi connectivity index (χ2v) is 5.54. The van der Waals surface area contributed by atoms with Crippen LogP contribution in [0.1, 0.15) is 20.3 Å². The molecule has 1 aromatic rings. The summed E-state index contributed by atoms with van der Waals surface area (Å²) in [5.74, 6) is 1.34. The van der Waals surface area contributed by atoms with Crippen LogP contribution < -0.4 is 20.1 Å². The summed E-state index contributed by atoms with van der Waals surface area (Å²) < 4.78 is 0. The number of carbonyl (C=O) groups excluding carboxylic acids is 1. The second kappa shape index (κ2) is 7.24. The number of pyridine rings is 1. The van der Waals surface area contributed by atoms with Gasteiger partial charge < -0.3 is 10.2 Å². The topological polar surface area (TPSA) is 50.9 Å². The van der Waals surface area contributed by atoms with Gasteiger partial charge in [0, 0.05) is 12.1 Å². The van der Waals surface area contributed by atoms with Gasteiger partial charge in [0.05, 0.1) is 6.20 Å². The van der Waals surface area contributed by atoms with Crippen molar-refractivity contribution in [2.75, 3.05) is 37.6 Å². The van der Waals surface area contributed by atoms with E-state index >= 15 is 0 Å². The molecule has 3 N–H and O–H groups in total. The minimum Gasteiger partial charge on any atom is -0.349 e. The molecule has 2 heterocycles. The first-order chi connectivity index (χ1) is 9.69. The fraction of sp³-hybridized carbons (Fsp3) is 0.600. The third-order valence-corrected chi connectivity index (χ3v) is 3.93. The molecule has 5 heteroatoms. The molecule has 1 fully saturated rings. The molecule has 0 bridgehead atoms. The maximum absolute atomic E-state index is 11.9. The van der Waals surface area contributed by atoms with Crippen molar-refractivity contribution in [3.8, 4) is 0 Å². The van der Waals surface area contributed by atoms with Crippen molar-refractivity contribution in [3.05, 3.63) is 24.4 Å². The first kappa shape index (κ1) is 14.8. The minimum absolute atomic E-state index is 0.175. The number of quaternary nitrogens is 1. The molecular weight excluding hydrogens is 252 g/mol. The minimum atomic E-state index is 0.175. The summed E-state index contributed by atoms with van der Waals surface area (Å²) in [5, 5.41) is 3.04. The van der Waals surface area contributed by atoms with Crippen molar-refractivity contribution in [2.24, 2.45) is 0 Å². The molecule has 0 aliphatic carbocycles. The summed E-state index contributed by atoms with van der Waals surface area (Å²) in [5.41, 5.74) is 0. The van der Waals surface area contributed by atoms with Gasteiger partial charge in [-0.05, 0) is 19.4 Å². The fourth-order valence-corrected chi connectivity index (χ4v) is 2.48. The lowest BCUT2D eigenvalue weighted by Crippen LogP contribution is -3.16. The highest BCUT2D eigenvalue weighted by Crippen LogP contribution is 2.04. The fourth-order valence-electron chi connectivity index (χ4n) is 2.48. The van der Waals surface area contributed by atoms with E-state index in [0.29, 0.717) is 6.54 Å². The van der Waals surface area contributed by atoms with Crippen LogP contribution in [0.25, 0.3) is 0 Å². The van der Waals surface area contributed by atoms with Gasteiger partial charge in [-0.2, -0.15) is 0 Å². The van der Waals surface area contributed by atoms with Crippen LogP contribution >= 0.6 is 0 Å². The number of piperazine rings is 1. The summed E-state index contributed by atoms with van der Waals surface area (Å²) >= 11 is 0. The summed E-state index contributed by atoms with van der Waals surface area (Å²) in [6, 6.07) is 6.41. The van der Waals surface area contributed by atoms with Crippen molar-refractivity contribution in [1.29, 1.82) is 0 Å². The molecule has 2 rings (SSSR count). The number of hydrogen-bond donors (Lipinski definition) is 2. The number of aromatic nitrogens is 1. The average molecular weight is 278 g/mol. The number of anilines is 1. The molecule has 5 nitrogen and oxygen atoms in total. The van der Waals surface area contributed by atoms with Gasteiger partial charge >= 0.3 is 0 Å². The zero-order chi connectivity index (χ0) is 14.4. The number of amides is 1. The summed E-state index contributed by atoms with van der Waals surface area (Å²) in [6.07, 6.45) is 2.94. The Bertz CT molecular complexity index is 415. The number of nitrogens with one attached hydrogen (secondary N) is 3. The van der Waals surface area contributed by atoms with Crippen molar-refractivity contribution >= 4 is 11.7 Å². The Balaban J connectivity index is 1.76. The van der Waals surface area contributed by atoms with Gasteiger partial charge in [-0.15, -0.1) is 0 Å². The van der Waals surface area contributed by atoms with E-state index in [1.807, 2.05) is 18.3 Å². The lowest BCUT2D eigenvalue weighted by Gasteiger charge is -2.28. The Morgan fingerprint density at radius 2 is 2.20 bits per heavy atom. The Morgan fingerprint density at radius 1 is 1.45 bits per heavy atom. The first-order valence-electron chi connectivity index (χ1n) is 7.53. The zero-order valence-corrected chi connectivity index (χ0v) is 12.5. The van der Waals surface area contributed by atoms with Crippen LogP contribution in [0.5, 0.6) is 0 Å². The monoisotopic (exact) mass is 278 g/mol. The number of carbonyl (C=O) groups is 1. The maximum atomic E-state index is 11.9. The number of rotatable bonds is 5. The van der Waals surface area contributed by atoms with Gasteiger partial charge in [0.2, 0.25) is 0 Å². The molecule has 1 aliphatic heterocycles. The van der Waals surface area contributed by atoms with E-state index in [9.17, 15) is 4.79 Å². The maximum Gasteiger partial charge on any atom is 0.275 e. The highest BCUT2D eigenvalue weighted by atomic mass is 16.2. The van der Waals surface area contributed by atoms with Gasteiger partial charge in [0.15, 0.2) is 6.54 Å². The third-order valence-electron chi connectivity index (χ3n) is 3.93. The average Bonchev–Trinajstić information content (AvgIpc) is 2.48. The third kappa shape index (κ3) is 4.20. The summed E-state index contributed by atoms with van der Waals surface area (Å²) in [4.78, 5) is 18.9. The lowest BCUT2D eigenvalue weighted by molar-refractivity contribution is -0.892. The van der Waals surface area contributed by atoms with Crippen LogP contribution in [0.4, 0.5) is 5.82 Å². The van der Waals surface area contributed by atoms with E-state index in [4.69, 9.17) is 0 Å². The number of nitrogens with zero attached hydrogens (tertiary/aromatic N) is 1. The van der Waals surface area contributed by atoms with Gasteiger partial charge in [0.1, 0.15) is 26.2 Å². The van der Waals surface area contributed by atoms with Crippen LogP contribution in [0.2, 0.25) is 0 Å². The predicted molar refractivity (Wildman–Crippen MR) is 78.7 cm³/mol. The highest BCUT2D eigenvalue weighted by molar-refractivity contribution is 5.77. The van der Waals surface area contributed by atoms with Crippen molar-refractivity contribution in [1.82, 2.24) is 5.32 Å². The molecule has 1 aromatic heterocycles. The zero-order valence-electron chi connectivity index (χ0n) is 12.5. The highest BCUT2D eigenvalue weighted by Gasteiger charge is 2.27. The molecular formula is C15H26N4O+2. The van der Waals surface area contributed by atoms with Crippen LogP contribution in [0.15, 0.2) is 24.4 Å². The van der Waals surface area contributed by atoms with Crippen molar-refractivity contribution in [3.63, 3.8) is 0 Å². The van der Waals surface area contributed by atoms with Gasteiger partial charge in [-0.1, -0.05) is 13.0 Å². The van der Waals surface area contributed by atoms with Crippen molar-refractivity contribution < 1.29 is 14.7 Å². The van der Waals surface area contributed by atoms with Gasteiger partial charge in [0.25, 0.3) is 11.7 Å². The Morgan fingerprint density at radius 3 is 2.80 bits per heavy atom. The Kier molecular flexibility index (Phi) is 5.35. The van der Waals surface area contributed by atoms with E-state index in [-0.39, 0.29) is 11.9 Å². The Labute approximate surface area is 121 Å². The summed E-state index contributed by atoms with van der Waals surface area (Å²) in [7, 11) is 0. The lowest BCUT2D eigenvalue weighted by atomic mass is 10.2. The Hall–Kier alpha value is -1.62. The normalized spacial score (nSPS) is 17.8. The van der Waals surface area contributed by atoms with Crippen LogP contribution in [-0.2, 0) is 4.79 Å². The number of hydrogen-bond acceptors (Lipinski definition) is 2. The molecule has 0 aromatic carbocycles. The number of H-pyrrole nitrogens is 1. The second-order valence-electron chi connectivity index (χ2n) is 5.54. The molecule has 1 amide bonds. The SMILES string of the molecule is CC[C@@H](C)NC(=O)C[NH+]1CCN(c2cccc[nH+]2)CC1. The first-order valence-corrected chi connectivity index (χ1v) is 7.53. The predicted octanol–water partition coefficient (Wildman–Crippen LogP) is -0.880. The molecule has 0 spiro atoms.